The van der Waals surface area contributed by atoms with Crippen LogP contribution in [-0.2, 0) is 0 Å². The number of aromatic nitrogens is 2. The number of rotatable bonds is 2. The highest BCUT2D eigenvalue weighted by Crippen LogP contribution is 2.43. The molecular weight excluding hydrogens is 266 g/mol. The smallest absolute Gasteiger partial charge is 0.252 e. The summed E-state index contributed by atoms with van der Waals surface area (Å²) in [7, 11) is 0.681. The zero-order valence-electron chi connectivity index (χ0n) is 10.9. The second-order valence-electron chi connectivity index (χ2n) is 5.63. The van der Waals surface area contributed by atoms with Crippen LogP contribution < -0.4 is 4.43 Å². The molecule has 0 amide bonds. The van der Waals surface area contributed by atoms with Crippen molar-refractivity contribution in [2.45, 2.75) is 38.9 Å². The summed E-state index contributed by atoms with van der Waals surface area (Å²) in [6.07, 6.45) is 3.88. The lowest BCUT2D eigenvalue weighted by atomic mass is 10.2. The molecule has 0 saturated carbocycles. The highest BCUT2D eigenvalue weighted by molar-refractivity contribution is 7.93. The average Bonchev–Trinajstić information content (AvgIpc) is 2.60. The molecule has 6 heteroatoms. The van der Waals surface area contributed by atoms with Crippen molar-refractivity contribution in [1.29, 1.82) is 0 Å². The SMILES string of the molecule is CC(C)(C)[Si](C)(C)Oc1ppc2ncccn12. The lowest BCUT2D eigenvalue weighted by Crippen LogP contribution is -2.43. The quantitative estimate of drug-likeness (QED) is 0.735. The third kappa shape index (κ3) is 2.54. The Morgan fingerprint density at radius 1 is 1.29 bits per heavy atom. The Bertz CT molecular complexity index is 533. The molecule has 2 rings (SSSR count). The molecule has 0 N–H and O–H groups in total. The second kappa shape index (κ2) is 4.35. The number of hydrogen-bond donors (Lipinski definition) is 0. The highest BCUT2D eigenvalue weighted by Gasteiger charge is 2.39. The zero-order chi connectivity index (χ0) is 12.7. The molecule has 0 aliphatic rings. The normalized spacial score (nSPS) is 13.9. The van der Waals surface area contributed by atoms with E-state index in [2.05, 4.69) is 43.2 Å². The summed E-state index contributed by atoms with van der Waals surface area (Å²) < 4.78 is 8.44. The van der Waals surface area contributed by atoms with E-state index in [1.165, 1.54) is 15.7 Å². The minimum atomic E-state index is -1.74. The van der Waals surface area contributed by atoms with Gasteiger partial charge < -0.3 is 4.43 Å². The van der Waals surface area contributed by atoms with Gasteiger partial charge in [0.1, 0.15) is 0 Å². The lowest BCUT2D eigenvalue weighted by Gasteiger charge is -2.35. The van der Waals surface area contributed by atoms with Gasteiger partial charge in [-0.1, -0.05) is 20.8 Å². The van der Waals surface area contributed by atoms with Crippen LogP contribution in [0, 0.1) is 0 Å². The van der Waals surface area contributed by atoms with Gasteiger partial charge in [0.15, 0.2) is 5.38 Å². The first-order valence-corrected chi connectivity index (χ1v) is 11.1. The van der Waals surface area contributed by atoms with Gasteiger partial charge in [0.05, 0.1) is 0 Å². The molecule has 0 unspecified atom stereocenters. The lowest BCUT2D eigenvalue weighted by molar-refractivity contribution is 0.483. The fourth-order valence-electron chi connectivity index (χ4n) is 1.17. The minimum Gasteiger partial charge on any atom is -0.528 e. The molecule has 2 aromatic heterocycles. The van der Waals surface area contributed by atoms with Crippen molar-refractivity contribution in [2.24, 2.45) is 0 Å². The standard InChI is InChI=1S/C11H18N2OP2Si/c1-11(2,3)17(4,5)14-10-13-8-6-7-12-9(13)15-16-10/h6-8H,1-5H3. The van der Waals surface area contributed by atoms with E-state index in [0.29, 0.717) is 0 Å². The van der Waals surface area contributed by atoms with Crippen LogP contribution in [0.25, 0.3) is 5.38 Å². The molecule has 0 aliphatic heterocycles. The van der Waals surface area contributed by atoms with Crippen LogP contribution in [0.3, 0.4) is 0 Å². The molecule has 3 nitrogen and oxygen atoms in total. The molecule has 0 bridgehead atoms. The van der Waals surface area contributed by atoms with Crippen molar-refractivity contribution in [3.8, 4) is 5.61 Å². The maximum absolute atomic E-state index is 6.35. The van der Waals surface area contributed by atoms with Gasteiger partial charge in [0.2, 0.25) is 5.61 Å². The fraction of sp³-hybridized carbons (Fsp3) is 0.545. The van der Waals surface area contributed by atoms with E-state index in [4.69, 9.17) is 4.43 Å². The Morgan fingerprint density at radius 3 is 2.65 bits per heavy atom. The first kappa shape index (κ1) is 13.0. The van der Waals surface area contributed by atoms with Crippen molar-refractivity contribution in [3.05, 3.63) is 18.5 Å². The van der Waals surface area contributed by atoms with Crippen LogP contribution >= 0.6 is 15.7 Å². The molecule has 0 aliphatic carbocycles. The van der Waals surface area contributed by atoms with E-state index in [0.717, 1.165) is 11.0 Å². The number of fused-ring (bicyclic) bond motifs is 1. The zero-order valence-corrected chi connectivity index (χ0v) is 13.7. The molecule has 2 aromatic rings. The predicted molar refractivity (Wildman–Crippen MR) is 78.0 cm³/mol. The van der Waals surface area contributed by atoms with E-state index >= 15 is 0 Å². The van der Waals surface area contributed by atoms with Crippen LogP contribution in [-0.4, -0.2) is 17.7 Å². The molecule has 0 aromatic carbocycles. The summed E-state index contributed by atoms with van der Waals surface area (Å²) in [5, 5.41) is 1.31. The Morgan fingerprint density at radius 2 is 2.00 bits per heavy atom. The second-order valence-corrected chi connectivity index (χ2v) is 12.7. The van der Waals surface area contributed by atoms with E-state index < -0.39 is 8.32 Å². The number of hydrogen-bond acceptors (Lipinski definition) is 2. The topological polar surface area (TPSA) is 26.5 Å². The third-order valence-corrected chi connectivity index (χ3v) is 10.2. The molecule has 0 spiro atoms. The van der Waals surface area contributed by atoms with Gasteiger partial charge in [-0.15, -0.1) is 0 Å². The van der Waals surface area contributed by atoms with Crippen LogP contribution in [0.1, 0.15) is 20.8 Å². The van der Waals surface area contributed by atoms with Crippen molar-refractivity contribution in [2.75, 3.05) is 0 Å². The van der Waals surface area contributed by atoms with Gasteiger partial charge in [-0.2, -0.15) is 0 Å². The van der Waals surface area contributed by atoms with E-state index in [9.17, 15) is 0 Å². The van der Waals surface area contributed by atoms with Crippen LogP contribution in [0.5, 0.6) is 5.61 Å². The van der Waals surface area contributed by atoms with Crippen molar-refractivity contribution < 1.29 is 4.43 Å². The van der Waals surface area contributed by atoms with Crippen LogP contribution in [0.2, 0.25) is 18.1 Å². The van der Waals surface area contributed by atoms with Gasteiger partial charge in [-0.3, -0.25) is 4.40 Å². The maximum Gasteiger partial charge on any atom is 0.252 e. The average molecular weight is 284 g/mol. The maximum atomic E-state index is 6.35. The summed E-state index contributed by atoms with van der Waals surface area (Å²) in [6.45, 7) is 11.3. The molecule has 0 fully saturated rings. The Kier molecular flexibility index (Phi) is 3.33. The van der Waals surface area contributed by atoms with E-state index in [1.807, 2.05) is 18.5 Å². The van der Waals surface area contributed by atoms with E-state index in [1.54, 1.807) is 0 Å². The Labute approximate surface area is 106 Å². The summed E-state index contributed by atoms with van der Waals surface area (Å²) in [5.41, 5.74) is 1.04. The summed E-state index contributed by atoms with van der Waals surface area (Å²) in [5.74, 6) is 0. The molecule has 92 valence electrons. The van der Waals surface area contributed by atoms with Crippen molar-refractivity contribution in [3.63, 3.8) is 0 Å². The molecule has 0 radical (unpaired) electrons. The Hall–Kier alpha value is -0.433. The van der Waals surface area contributed by atoms with Gasteiger partial charge >= 0.3 is 0 Å². The van der Waals surface area contributed by atoms with E-state index in [-0.39, 0.29) is 5.04 Å². The van der Waals surface area contributed by atoms with Gasteiger partial charge in [-0.25, -0.2) is 4.98 Å². The summed E-state index contributed by atoms with van der Waals surface area (Å²) >= 11 is 0. The number of nitrogens with zero attached hydrogens (tertiary/aromatic N) is 2. The fourth-order valence-corrected chi connectivity index (χ4v) is 5.39. The Balaban J connectivity index is 2.37. The third-order valence-electron chi connectivity index (χ3n) is 3.31. The molecule has 0 atom stereocenters. The molecular formula is C11H18N2OP2Si. The first-order chi connectivity index (χ1) is 7.81. The van der Waals surface area contributed by atoms with Crippen molar-refractivity contribution >= 4 is 29.4 Å². The minimum absolute atomic E-state index is 0.234. The van der Waals surface area contributed by atoms with Crippen LogP contribution in [0.15, 0.2) is 18.5 Å². The molecule has 2 heterocycles. The van der Waals surface area contributed by atoms with Gasteiger partial charge in [-0.05, 0) is 24.2 Å². The van der Waals surface area contributed by atoms with Gasteiger partial charge in [0.25, 0.3) is 8.32 Å². The monoisotopic (exact) mass is 284 g/mol. The molecule has 17 heavy (non-hydrogen) atoms. The van der Waals surface area contributed by atoms with Crippen LogP contribution in [0.4, 0.5) is 0 Å². The highest BCUT2D eigenvalue weighted by atomic mass is 31.8. The van der Waals surface area contributed by atoms with Crippen molar-refractivity contribution in [1.82, 2.24) is 9.38 Å². The summed E-state index contributed by atoms with van der Waals surface area (Å²) in [4.78, 5) is 4.36. The largest absolute Gasteiger partial charge is 0.528 e. The predicted octanol–water partition coefficient (Wildman–Crippen LogP) is 4.88. The first-order valence-electron chi connectivity index (χ1n) is 5.66. The summed E-state index contributed by atoms with van der Waals surface area (Å²) in [6, 6.07) is 1.95. The molecule has 0 saturated heterocycles. The van der Waals surface area contributed by atoms with Gasteiger partial charge in [0, 0.05) is 28.1 Å².